The van der Waals surface area contributed by atoms with Crippen LogP contribution in [0.25, 0.3) is 32.9 Å². The van der Waals surface area contributed by atoms with Crippen LogP contribution in [-0.2, 0) is 6.54 Å². The number of carbonyl (C=O) groups excluding carboxylic acids is 1. The maximum atomic E-state index is 12.0. The van der Waals surface area contributed by atoms with Crippen molar-refractivity contribution in [1.29, 1.82) is 0 Å². The number of hydrogen-bond acceptors (Lipinski definition) is 1. The minimum atomic E-state index is -0.382. The Labute approximate surface area is 162 Å². The number of primary amides is 1. The van der Waals surface area contributed by atoms with Crippen molar-refractivity contribution in [2.75, 3.05) is 0 Å². The second-order valence-corrected chi connectivity index (χ2v) is 7.79. The molecule has 1 heterocycles. The van der Waals surface area contributed by atoms with Crippen molar-refractivity contribution >= 4 is 39.3 Å². The van der Waals surface area contributed by atoms with E-state index in [-0.39, 0.29) is 5.91 Å². The number of aromatic nitrogens is 1. The van der Waals surface area contributed by atoms with Gasteiger partial charge in [-0.15, -0.1) is 0 Å². The summed E-state index contributed by atoms with van der Waals surface area (Å²) in [6.45, 7) is 0.978. The highest BCUT2D eigenvalue weighted by atomic mass is 35.5. The molecule has 0 saturated heterocycles. The zero-order valence-electron chi connectivity index (χ0n) is 14.8. The second kappa shape index (κ2) is 6.14. The minimum absolute atomic E-state index is 0.382. The SMILES string of the molecule is NC(=O)c1cccc2c1c1ccc(-c3ccc(Cl)cc3)cc1n2CC1CC1. The molecular formula is C23H19ClN2O. The molecule has 3 nitrogen and oxygen atoms in total. The number of carbonyl (C=O) groups is 1. The molecule has 2 N–H and O–H groups in total. The zero-order chi connectivity index (χ0) is 18.5. The summed E-state index contributed by atoms with van der Waals surface area (Å²) in [6.07, 6.45) is 2.54. The molecule has 1 aliphatic rings. The highest BCUT2D eigenvalue weighted by Crippen LogP contribution is 2.38. The number of rotatable bonds is 4. The second-order valence-electron chi connectivity index (χ2n) is 7.36. The molecule has 0 aliphatic heterocycles. The molecule has 1 fully saturated rings. The zero-order valence-corrected chi connectivity index (χ0v) is 15.5. The summed E-state index contributed by atoms with van der Waals surface area (Å²) in [7, 11) is 0. The average molecular weight is 375 g/mol. The molecule has 5 rings (SSSR count). The number of nitrogens with zero attached hydrogens (tertiary/aromatic N) is 1. The molecule has 3 aromatic carbocycles. The van der Waals surface area contributed by atoms with Gasteiger partial charge in [0.15, 0.2) is 0 Å². The van der Waals surface area contributed by atoms with Crippen molar-refractivity contribution in [1.82, 2.24) is 4.57 Å². The van der Waals surface area contributed by atoms with Crippen LogP contribution in [-0.4, -0.2) is 10.5 Å². The van der Waals surface area contributed by atoms with Gasteiger partial charge in [-0.3, -0.25) is 4.79 Å². The van der Waals surface area contributed by atoms with E-state index in [1.165, 1.54) is 12.8 Å². The molecule has 0 atom stereocenters. The van der Waals surface area contributed by atoms with E-state index in [0.29, 0.717) is 5.56 Å². The summed E-state index contributed by atoms with van der Waals surface area (Å²) < 4.78 is 2.36. The third-order valence-corrected chi connectivity index (χ3v) is 5.72. The lowest BCUT2D eigenvalue weighted by Gasteiger charge is -2.08. The Hall–Kier alpha value is -2.78. The van der Waals surface area contributed by atoms with Gasteiger partial charge in [0.2, 0.25) is 5.91 Å². The van der Waals surface area contributed by atoms with Crippen LogP contribution >= 0.6 is 11.6 Å². The van der Waals surface area contributed by atoms with Crippen molar-refractivity contribution in [2.24, 2.45) is 11.7 Å². The van der Waals surface area contributed by atoms with Gasteiger partial charge in [0.05, 0.1) is 0 Å². The van der Waals surface area contributed by atoms with E-state index in [2.05, 4.69) is 28.8 Å². The molecule has 1 amide bonds. The van der Waals surface area contributed by atoms with Crippen LogP contribution in [0, 0.1) is 5.92 Å². The van der Waals surface area contributed by atoms with E-state index < -0.39 is 0 Å². The molecule has 4 heteroatoms. The largest absolute Gasteiger partial charge is 0.366 e. The van der Waals surface area contributed by atoms with Crippen molar-refractivity contribution in [3.63, 3.8) is 0 Å². The van der Waals surface area contributed by atoms with E-state index in [1.54, 1.807) is 0 Å². The summed E-state index contributed by atoms with van der Waals surface area (Å²) >= 11 is 6.04. The standard InChI is InChI=1S/C23H19ClN2O/c24-17-9-6-15(7-10-17)16-8-11-18-21(12-16)26(13-14-4-5-14)20-3-1-2-19(22(18)20)23(25)27/h1-3,6-12,14H,4-5,13H2,(H2,25,27). The lowest BCUT2D eigenvalue weighted by Crippen LogP contribution is -2.11. The smallest absolute Gasteiger partial charge is 0.249 e. The van der Waals surface area contributed by atoms with Crippen molar-refractivity contribution in [2.45, 2.75) is 19.4 Å². The van der Waals surface area contributed by atoms with Gasteiger partial charge in [0, 0.05) is 38.9 Å². The number of hydrogen-bond donors (Lipinski definition) is 1. The predicted molar refractivity (Wildman–Crippen MR) is 111 cm³/mol. The van der Waals surface area contributed by atoms with Gasteiger partial charge in [-0.1, -0.05) is 41.9 Å². The Balaban J connectivity index is 1.80. The van der Waals surface area contributed by atoms with Crippen molar-refractivity contribution < 1.29 is 4.79 Å². The van der Waals surface area contributed by atoms with Crippen LogP contribution in [0.15, 0.2) is 60.7 Å². The van der Waals surface area contributed by atoms with E-state index in [9.17, 15) is 4.79 Å². The highest BCUT2D eigenvalue weighted by molar-refractivity contribution is 6.30. The normalized spacial score (nSPS) is 14.1. The van der Waals surface area contributed by atoms with Gasteiger partial charge in [-0.2, -0.15) is 0 Å². The van der Waals surface area contributed by atoms with Crippen LogP contribution in [0.4, 0.5) is 0 Å². The molecular weight excluding hydrogens is 356 g/mol. The Kier molecular flexibility index (Phi) is 3.73. The summed E-state index contributed by atoms with van der Waals surface area (Å²) in [5, 5.41) is 2.77. The molecule has 27 heavy (non-hydrogen) atoms. The van der Waals surface area contributed by atoms with Gasteiger partial charge in [0.25, 0.3) is 0 Å². The highest BCUT2D eigenvalue weighted by Gasteiger charge is 2.25. The van der Waals surface area contributed by atoms with Gasteiger partial charge in [0.1, 0.15) is 0 Å². The van der Waals surface area contributed by atoms with Gasteiger partial charge >= 0.3 is 0 Å². The fourth-order valence-electron chi connectivity index (χ4n) is 3.93. The third kappa shape index (κ3) is 2.79. The minimum Gasteiger partial charge on any atom is -0.366 e. The first-order valence-electron chi connectivity index (χ1n) is 9.22. The first kappa shape index (κ1) is 16.4. The number of nitrogens with two attached hydrogens (primary N) is 1. The average Bonchev–Trinajstić information content (AvgIpc) is 3.44. The van der Waals surface area contributed by atoms with Gasteiger partial charge < -0.3 is 10.3 Å². The molecule has 4 aromatic rings. The number of amides is 1. The molecule has 0 unspecified atom stereocenters. The Morgan fingerprint density at radius 2 is 1.74 bits per heavy atom. The molecule has 1 aliphatic carbocycles. The Bertz CT molecular complexity index is 1190. The van der Waals surface area contributed by atoms with Crippen LogP contribution < -0.4 is 5.73 Å². The fourth-order valence-corrected chi connectivity index (χ4v) is 4.05. The summed E-state index contributed by atoms with van der Waals surface area (Å²) in [6, 6.07) is 20.1. The summed E-state index contributed by atoms with van der Waals surface area (Å²) in [5.41, 5.74) is 10.8. The maximum Gasteiger partial charge on any atom is 0.249 e. The van der Waals surface area contributed by atoms with Crippen LogP contribution in [0.3, 0.4) is 0 Å². The van der Waals surface area contributed by atoms with Gasteiger partial charge in [-0.25, -0.2) is 0 Å². The number of halogens is 1. The monoisotopic (exact) mass is 374 g/mol. The van der Waals surface area contributed by atoms with Crippen LogP contribution in [0.1, 0.15) is 23.2 Å². The maximum absolute atomic E-state index is 12.0. The van der Waals surface area contributed by atoms with Crippen molar-refractivity contribution in [3.8, 4) is 11.1 Å². The molecule has 134 valence electrons. The van der Waals surface area contributed by atoms with Crippen LogP contribution in [0.2, 0.25) is 5.02 Å². The molecule has 0 radical (unpaired) electrons. The van der Waals surface area contributed by atoms with E-state index in [1.807, 2.05) is 36.4 Å². The predicted octanol–water partition coefficient (Wildman–Crippen LogP) is 5.62. The quantitative estimate of drug-likeness (QED) is 0.494. The number of benzene rings is 3. The summed E-state index contributed by atoms with van der Waals surface area (Å²) in [5.74, 6) is 0.341. The topological polar surface area (TPSA) is 48.0 Å². The fraction of sp³-hybridized carbons (Fsp3) is 0.174. The molecule has 1 saturated carbocycles. The molecule has 0 spiro atoms. The van der Waals surface area contributed by atoms with Gasteiger partial charge in [-0.05, 0) is 60.2 Å². The Morgan fingerprint density at radius 3 is 2.44 bits per heavy atom. The first-order chi connectivity index (χ1) is 13.1. The molecule has 0 bridgehead atoms. The van der Waals surface area contributed by atoms with E-state index in [0.717, 1.165) is 50.4 Å². The Morgan fingerprint density at radius 1 is 1.00 bits per heavy atom. The first-order valence-corrected chi connectivity index (χ1v) is 9.60. The van der Waals surface area contributed by atoms with E-state index >= 15 is 0 Å². The lowest BCUT2D eigenvalue weighted by atomic mass is 10.0. The lowest BCUT2D eigenvalue weighted by molar-refractivity contribution is 0.100. The third-order valence-electron chi connectivity index (χ3n) is 5.47. The summed E-state index contributed by atoms with van der Waals surface area (Å²) in [4.78, 5) is 12.0. The van der Waals surface area contributed by atoms with Crippen LogP contribution in [0.5, 0.6) is 0 Å². The number of fused-ring (bicyclic) bond motifs is 3. The van der Waals surface area contributed by atoms with Crippen molar-refractivity contribution in [3.05, 3.63) is 71.2 Å². The van der Waals surface area contributed by atoms with E-state index in [4.69, 9.17) is 17.3 Å². The molecule has 1 aromatic heterocycles.